The van der Waals surface area contributed by atoms with Crippen LogP contribution in [-0.2, 0) is 11.3 Å². The molecule has 5 heteroatoms. The smallest absolute Gasteiger partial charge is 0.338 e. The fourth-order valence-corrected chi connectivity index (χ4v) is 2.08. The number of hydrogen-bond donors (Lipinski definition) is 2. The molecular weight excluding hydrogens is 232 g/mol. The summed E-state index contributed by atoms with van der Waals surface area (Å²) in [5.41, 5.74) is 6.09. The maximum Gasteiger partial charge on any atom is 0.338 e. The normalized spacial score (nSPS) is 22.3. The van der Waals surface area contributed by atoms with Crippen LogP contribution >= 0.6 is 0 Å². The van der Waals surface area contributed by atoms with Crippen LogP contribution < -0.4 is 5.73 Å². The Morgan fingerprint density at radius 1 is 1.39 bits per heavy atom. The van der Waals surface area contributed by atoms with Gasteiger partial charge in [-0.25, -0.2) is 9.86 Å². The van der Waals surface area contributed by atoms with Gasteiger partial charge in [0.05, 0.1) is 19.3 Å². The van der Waals surface area contributed by atoms with E-state index in [9.17, 15) is 10.0 Å². The predicted molar refractivity (Wildman–Crippen MR) is 65.8 cm³/mol. The Hall–Kier alpha value is -1.59. The first kappa shape index (κ1) is 12.9. The lowest BCUT2D eigenvalue weighted by Crippen LogP contribution is -2.42. The van der Waals surface area contributed by atoms with Crippen LogP contribution in [0.1, 0.15) is 18.4 Å². The van der Waals surface area contributed by atoms with E-state index in [1.54, 1.807) is 0 Å². The maximum absolute atomic E-state index is 10.6. The molecule has 3 N–H and O–H groups in total. The average molecular weight is 250 g/mol. The van der Waals surface area contributed by atoms with Gasteiger partial charge in [0.1, 0.15) is 0 Å². The number of carbonyl (C=O) groups excluding carboxylic acids is 1. The molecule has 0 heterocycles. The van der Waals surface area contributed by atoms with Crippen molar-refractivity contribution in [1.29, 1.82) is 0 Å². The molecule has 0 atom stereocenters. The molecule has 0 radical (unpaired) electrons. The number of carbonyl (C=O) groups is 1. The van der Waals surface area contributed by atoms with Gasteiger partial charge >= 0.3 is 6.03 Å². The second-order valence-electron chi connectivity index (χ2n) is 4.68. The number of rotatable bonds is 5. The predicted octanol–water partition coefficient (Wildman–Crippen LogP) is 1.75. The minimum Gasteiger partial charge on any atom is -0.374 e. The van der Waals surface area contributed by atoms with E-state index in [-0.39, 0.29) is 12.0 Å². The van der Waals surface area contributed by atoms with Crippen molar-refractivity contribution in [3.8, 4) is 0 Å². The Bertz CT molecular complexity index is 390. The van der Waals surface area contributed by atoms with Crippen LogP contribution in [0.5, 0.6) is 0 Å². The summed E-state index contributed by atoms with van der Waals surface area (Å²) in [5.74, 6) is 0.281. The molecule has 2 rings (SSSR count). The number of benzene rings is 1. The number of primary amides is 1. The first-order valence-electron chi connectivity index (χ1n) is 6.06. The van der Waals surface area contributed by atoms with E-state index in [0.717, 1.165) is 18.4 Å². The zero-order valence-electron chi connectivity index (χ0n) is 10.2. The minimum atomic E-state index is -0.802. The fourth-order valence-electron chi connectivity index (χ4n) is 2.08. The van der Waals surface area contributed by atoms with Gasteiger partial charge in [-0.2, -0.15) is 0 Å². The zero-order chi connectivity index (χ0) is 13.0. The number of nitrogens with zero attached hydrogens (tertiary/aromatic N) is 1. The standard InChI is InChI=1S/C13H18N2O3/c14-13(16)15(17)8-11-6-12(7-11)18-9-10-4-2-1-3-5-10/h1-5,11-12,17H,6-9H2,(H2,14,16)/t11-,12-. The van der Waals surface area contributed by atoms with Gasteiger partial charge in [-0.15, -0.1) is 0 Å². The first-order valence-corrected chi connectivity index (χ1v) is 6.06. The van der Waals surface area contributed by atoms with E-state index in [0.29, 0.717) is 18.2 Å². The minimum absolute atomic E-state index is 0.219. The summed E-state index contributed by atoms with van der Waals surface area (Å²) in [4.78, 5) is 10.6. The number of urea groups is 1. The molecule has 5 nitrogen and oxygen atoms in total. The molecule has 0 bridgehead atoms. The monoisotopic (exact) mass is 250 g/mol. The lowest BCUT2D eigenvalue weighted by Gasteiger charge is -2.36. The van der Waals surface area contributed by atoms with E-state index in [1.807, 2.05) is 30.3 Å². The van der Waals surface area contributed by atoms with E-state index in [4.69, 9.17) is 10.5 Å². The Labute approximate surface area is 106 Å². The van der Waals surface area contributed by atoms with Gasteiger partial charge in [0, 0.05) is 0 Å². The van der Waals surface area contributed by atoms with Gasteiger partial charge in [0.15, 0.2) is 0 Å². The van der Waals surface area contributed by atoms with Crippen molar-refractivity contribution in [3.05, 3.63) is 35.9 Å². The number of ether oxygens (including phenoxy) is 1. The van der Waals surface area contributed by atoms with Gasteiger partial charge in [-0.3, -0.25) is 5.21 Å². The summed E-state index contributed by atoms with van der Waals surface area (Å²) >= 11 is 0. The Balaban J connectivity index is 1.63. The highest BCUT2D eigenvalue weighted by Gasteiger charge is 2.31. The average Bonchev–Trinajstić information content (AvgIpc) is 2.32. The molecular formula is C13H18N2O3. The highest BCUT2D eigenvalue weighted by Crippen LogP contribution is 2.31. The third kappa shape index (κ3) is 3.45. The molecule has 98 valence electrons. The quantitative estimate of drug-likeness (QED) is 0.617. The molecule has 1 aromatic rings. The lowest BCUT2D eigenvalue weighted by molar-refractivity contribution is -0.0937. The summed E-state index contributed by atoms with van der Waals surface area (Å²) in [6.45, 7) is 0.900. The highest BCUT2D eigenvalue weighted by atomic mass is 16.5. The molecule has 0 aliphatic heterocycles. The first-order chi connectivity index (χ1) is 8.65. The van der Waals surface area contributed by atoms with Crippen molar-refractivity contribution in [2.24, 2.45) is 11.7 Å². The van der Waals surface area contributed by atoms with Gasteiger partial charge < -0.3 is 10.5 Å². The fraction of sp³-hybridized carbons (Fsp3) is 0.462. The molecule has 1 aliphatic carbocycles. The van der Waals surface area contributed by atoms with Gasteiger partial charge in [0.2, 0.25) is 0 Å². The molecule has 0 aromatic heterocycles. The summed E-state index contributed by atoms with van der Waals surface area (Å²) < 4.78 is 5.72. The maximum atomic E-state index is 10.6. The topological polar surface area (TPSA) is 75.8 Å². The number of hydrogen-bond acceptors (Lipinski definition) is 3. The molecule has 0 saturated heterocycles. The third-order valence-electron chi connectivity index (χ3n) is 3.21. The van der Waals surface area contributed by atoms with Crippen molar-refractivity contribution in [1.82, 2.24) is 5.06 Å². The second kappa shape index (κ2) is 5.84. The van der Waals surface area contributed by atoms with Crippen LogP contribution in [0.25, 0.3) is 0 Å². The molecule has 1 aromatic carbocycles. The highest BCUT2D eigenvalue weighted by molar-refractivity contribution is 5.70. The van der Waals surface area contributed by atoms with Gasteiger partial charge in [0.25, 0.3) is 0 Å². The molecule has 0 spiro atoms. The third-order valence-corrected chi connectivity index (χ3v) is 3.21. The van der Waals surface area contributed by atoms with Crippen molar-refractivity contribution in [3.63, 3.8) is 0 Å². The zero-order valence-corrected chi connectivity index (χ0v) is 10.2. The summed E-state index contributed by atoms with van der Waals surface area (Å²) in [6.07, 6.45) is 1.94. The van der Waals surface area contributed by atoms with E-state index in [2.05, 4.69) is 0 Å². The summed E-state index contributed by atoms with van der Waals surface area (Å²) in [5, 5.41) is 9.74. The number of amides is 2. The van der Waals surface area contributed by atoms with Crippen LogP contribution in [0, 0.1) is 5.92 Å². The van der Waals surface area contributed by atoms with Crippen molar-refractivity contribution in [2.75, 3.05) is 6.54 Å². The molecule has 1 fully saturated rings. The van der Waals surface area contributed by atoms with E-state index < -0.39 is 6.03 Å². The Kier molecular flexibility index (Phi) is 4.17. The summed E-state index contributed by atoms with van der Waals surface area (Å²) in [7, 11) is 0. The van der Waals surface area contributed by atoms with E-state index in [1.165, 1.54) is 0 Å². The van der Waals surface area contributed by atoms with Crippen LogP contribution in [0.3, 0.4) is 0 Å². The van der Waals surface area contributed by atoms with Gasteiger partial charge in [-0.1, -0.05) is 30.3 Å². The summed E-state index contributed by atoms with van der Waals surface area (Å²) in [6, 6.07) is 9.20. The lowest BCUT2D eigenvalue weighted by atomic mass is 9.82. The van der Waals surface area contributed by atoms with Crippen LogP contribution in [0.15, 0.2) is 30.3 Å². The molecule has 0 unspecified atom stereocenters. The number of hydroxylamine groups is 2. The molecule has 18 heavy (non-hydrogen) atoms. The van der Waals surface area contributed by atoms with Crippen LogP contribution in [0.4, 0.5) is 4.79 Å². The second-order valence-corrected chi connectivity index (χ2v) is 4.68. The van der Waals surface area contributed by atoms with Crippen LogP contribution in [-0.4, -0.2) is 29.0 Å². The van der Waals surface area contributed by atoms with Gasteiger partial charge in [-0.05, 0) is 24.3 Å². The Morgan fingerprint density at radius 3 is 2.67 bits per heavy atom. The molecule has 1 aliphatic rings. The number of nitrogens with two attached hydrogens (primary N) is 1. The van der Waals surface area contributed by atoms with Crippen molar-refractivity contribution >= 4 is 6.03 Å². The van der Waals surface area contributed by atoms with Crippen molar-refractivity contribution in [2.45, 2.75) is 25.6 Å². The van der Waals surface area contributed by atoms with Crippen LogP contribution in [0.2, 0.25) is 0 Å². The van der Waals surface area contributed by atoms with E-state index >= 15 is 0 Å². The largest absolute Gasteiger partial charge is 0.374 e. The SMILES string of the molecule is NC(=O)N(O)C[C@H]1C[C@H](OCc2ccccc2)C1. The molecule has 1 saturated carbocycles. The molecule has 2 amide bonds. The Morgan fingerprint density at radius 2 is 2.06 bits per heavy atom. The van der Waals surface area contributed by atoms with Crippen molar-refractivity contribution < 1.29 is 14.7 Å².